The Morgan fingerprint density at radius 2 is 1.56 bits per heavy atom. The molecule has 32 heavy (non-hydrogen) atoms. The monoisotopic (exact) mass is 450 g/mol. The third-order valence-corrected chi connectivity index (χ3v) is 7.36. The van der Waals surface area contributed by atoms with E-state index in [0.29, 0.717) is 12.8 Å². The van der Waals surface area contributed by atoms with Crippen molar-refractivity contribution < 1.29 is 5.11 Å². The number of aromatic nitrogens is 3. The van der Waals surface area contributed by atoms with Crippen molar-refractivity contribution in [3.05, 3.63) is 70.6 Å². The molecule has 3 aromatic heterocycles. The molecule has 8 heteroatoms. The molecule has 3 aromatic rings. The first kappa shape index (κ1) is 21.5. The topological polar surface area (TPSA) is 68.6 Å². The van der Waals surface area contributed by atoms with Crippen molar-refractivity contribution >= 4 is 17.2 Å². The number of hydrogen-bond donors (Lipinski definition) is 1. The molecule has 5 heterocycles. The van der Waals surface area contributed by atoms with Gasteiger partial charge in [0, 0.05) is 63.6 Å². The highest BCUT2D eigenvalue weighted by Gasteiger charge is 2.36. The molecule has 2 aliphatic rings. The number of rotatable bonds is 6. The Bertz CT molecular complexity index is 982. The van der Waals surface area contributed by atoms with Crippen LogP contribution in [0.5, 0.6) is 0 Å². The number of thiazole rings is 1. The standard InChI is InChI=1S/C24H30N6OS/c31-24(7-11-28(12-8-24)17-20-5-1-3-9-25-20)21-19-32-23(27-21)18-29-13-15-30(16-14-29)22-6-2-4-10-26-22/h1-6,9-10,19,31H,7-8,11-18H2. The molecule has 2 fully saturated rings. The maximum atomic E-state index is 11.3. The fourth-order valence-electron chi connectivity index (χ4n) is 4.52. The lowest BCUT2D eigenvalue weighted by molar-refractivity contribution is -0.0310. The fraction of sp³-hybridized carbons (Fsp3) is 0.458. The fourth-order valence-corrected chi connectivity index (χ4v) is 5.45. The van der Waals surface area contributed by atoms with Gasteiger partial charge in [-0.05, 0) is 37.1 Å². The van der Waals surface area contributed by atoms with Crippen LogP contribution in [-0.2, 0) is 18.7 Å². The summed E-state index contributed by atoms with van der Waals surface area (Å²) in [4.78, 5) is 20.9. The predicted octanol–water partition coefficient (Wildman–Crippen LogP) is 2.74. The van der Waals surface area contributed by atoms with E-state index in [1.807, 2.05) is 36.7 Å². The molecule has 2 aliphatic heterocycles. The normalized spacial score (nSPS) is 19.8. The molecule has 0 saturated carbocycles. The van der Waals surface area contributed by atoms with Gasteiger partial charge < -0.3 is 10.0 Å². The highest BCUT2D eigenvalue weighted by molar-refractivity contribution is 7.09. The van der Waals surface area contributed by atoms with Crippen LogP contribution in [0.25, 0.3) is 0 Å². The summed E-state index contributed by atoms with van der Waals surface area (Å²) in [7, 11) is 0. The number of aliphatic hydroxyl groups is 1. The van der Waals surface area contributed by atoms with Crippen LogP contribution in [0.15, 0.2) is 54.2 Å². The molecule has 0 amide bonds. The van der Waals surface area contributed by atoms with Crippen LogP contribution < -0.4 is 4.90 Å². The van der Waals surface area contributed by atoms with Crippen LogP contribution >= 0.6 is 11.3 Å². The van der Waals surface area contributed by atoms with Crippen molar-refractivity contribution in [2.75, 3.05) is 44.2 Å². The lowest BCUT2D eigenvalue weighted by Crippen LogP contribution is -2.46. The number of hydrogen-bond acceptors (Lipinski definition) is 8. The summed E-state index contributed by atoms with van der Waals surface area (Å²) in [5, 5.41) is 14.4. The first-order chi connectivity index (χ1) is 15.7. The molecule has 0 atom stereocenters. The summed E-state index contributed by atoms with van der Waals surface area (Å²) < 4.78 is 0. The van der Waals surface area contributed by atoms with E-state index >= 15 is 0 Å². The van der Waals surface area contributed by atoms with Gasteiger partial charge >= 0.3 is 0 Å². The molecular formula is C24H30N6OS. The summed E-state index contributed by atoms with van der Waals surface area (Å²) in [6, 6.07) is 12.1. The Morgan fingerprint density at radius 3 is 2.25 bits per heavy atom. The molecule has 168 valence electrons. The quantitative estimate of drug-likeness (QED) is 0.619. The van der Waals surface area contributed by atoms with E-state index in [2.05, 4.69) is 42.2 Å². The van der Waals surface area contributed by atoms with Crippen LogP contribution in [-0.4, -0.2) is 69.1 Å². The number of pyridine rings is 2. The summed E-state index contributed by atoms with van der Waals surface area (Å²) in [5.41, 5.74) is 1.12. The Labute approximate surface area is 193 Å². The third-order valence-electron chi connectivity index (χ3n) is 6.53. The van der Waals surface area contributed by atoms with Crippen molar-refractivity contribution in [1.82, 2.24) is 24.8 Å². The zero-order valence-electron chi connectivity index (χ0n) is 18.3. The van der Waals surface area contributed by atoms with Gasteiger partial charge in [0.25, 0.3) is 0 Å². The highest BCUT2D eigenvalue weighted by Crippen LogP contribution is 2.34. The maximum Gasteiger partial charge on any atom is 0.128 e. The van der Waals surface area contributed by atoms with Gasteiger partial charge in [0.1, 0.15) is 16.4 Å². The minimum atomic E-state index is -0.812. The summed E-state index contributed by atoms with van der Waals surface area (Å²) >= 11 is 1.67. The van der Waals surface area contributed by atoms with Crippen molar-refractivity contribution in [2.45, 2.75) is 31.5 Å². The van der Waals surface area contributed by atoms with Gasteiger partial charge in [0.15, 0.2) is 0 Å². The second kappa shape index (κ2) is 9.62. The molecule has 0 spiro atoms. The summed E-state index contributed by atoms with van der Waals surface area (Å²) in [5.74, 6) is 1.06. The smallest absolute Gasteiger partial charge is 0.128 e. The van der Waals surface area contributed by atoms with E-state index in [4.69, 9.17) is 4.98 Å². The van der Waals surface area contributed by atoms with Crippen LogP contribution in [0, 0.1) is 0 Å². The summed E-state index contributed by atoms with van der Waals surface area (Å²) in [6.07, 6.45) is 5.12. The van der Waals surface area contributed by atoms with Gasteiger partial charge in [-0.15, -0.1) is 11.3 Å². The minimum absolute atomic E-state index is 0.714. The van der Waals surface area contributed by atoms with Crippen molar-refractivity contribution in [3.63, 3.8) is 0 Å². The van der Waals surface area contributed by atoms with Crippen LogP contribution in [0.3, 0.4) is 0 Å². The molecule has 0 bridgehead atoms. The molecule has 5 rings (SSSR count). The zero-order chi connectivity index (χ0) is 21.8. The Kier molecular flexibility index (Phi) is 6.45. The first-order valence-corrected chi connectivity index (χ1v) is 12.2. The number of piperidine rings is 1. The largest absolute Gasteiger partial charge is 0.383 e. The second-order valence-corrected chi connectivity index (χ2v) is 9.65. The molecule has 0 radical (unpaired) electrons. The number of nitrogens with zero attached hydrogens (tertiary/aromatic N) is 6. The van der Waals surface area contributed by atoms with Crippen molar-refractivity contribution in [3.8, 4) is 0 Å². The molecule has 7 nitrogen and oxygen atoms in total. The Morgan fingerprint density at radius 1 is 0.844 bits per heavy atom. The van der Waals surface area contributed by atoms with E-state index in [1.54, 1.807) is 11.3 Å². The molecule has 1 N–H and O–H groups in total. The average molecular weight is 451 g/mol. The van der Waals surface area contributed by atoms with Crippen LogP contribution in [0.2, 0.25) is 0 Å². The lowest BCUT2D eigenvalue weighted by atomic mass is 9.89. The maximum absolute atomic E-state index is 11.3. The van der Waals surface area contributed by atoms with E-state index in [0.717, 1.165) is 74.6 Å². The number of piperazine rings is 1. The Balaban J connectivity index is 1.12. The van der Waals surface area contributed by atoms with Gasteiger partial charge in [-0.25, -0.2) is 9.97 Å². The van der Waals surface area contributed by atoms with Gasteiger partial charge in [0.05, 0.1) is 17.9 Å². The van der Waals surface area contributed by atoms with Gasteiger partial charge in [-0.3, -0.25) is 14.8 Å². The van der Waals surface area contributed by atoms with Crippen LogP contribution in [0.4, 0.5) is 5.82 Å². The molecular weight excluding hydrogens is 420 g/mol. The number of likely N-dealkylation sites (tertiary alicyclic amines) is 1. The van der Waals surface area contributed by atoms with E-state index in [9.17, 15) is 5.11 Å². The third kappa shape index (κ3) is 4.99. The van der Waals surface area contributed by atoms with Gasteiger partial charge in [0.2, 0.25) is 0 Å². The molecule has 0 aliphatic carbocycles. The molecule has 0 unspecified atom stereocenters. The second-order valence-electron chi connectivity index (χ2n) is 8.71. The predicted molar refractivity (Wildman–Crippen MR) is 126 cm³/mol. The van der Waals surface area contributed by atoms with E-state index in [1.165, 1.54) is 0 Å². The lowest BCUT2D eigenvalue weighted by Gasteiger charge is -2.37. The molecule has 2 saturated heterocycles. The Hall–Kier alpha value is -2.39. The van der Waals surface area contributed by atoms with E-state index < -0.39 is 5.60 Å². The van der Waals surface area contributed by atoms with Gasteiger partial charge in [-0.1, -0.05) is 12.1 Å². The zero-order valence-corrected chi connectivity index (χ0v) is 19.1. The van der Waals surface area contributed by atoms with Crippen molar-refractivity contribution in [1.29, 1.82) is 0 Å². The van der Waals surface area contributed by atoms with Crippen molar-refractivity contribution in [2.24, 2.45) is 0 Å². The summed E-state index contributed by atoms with van der Waals surface area (Å²) in [6.45, 7) is 7.35. The average Bonchev–Trinajstić information content (AvgIpc) is 3.32. The first-order valence-electron chi connectivity index (χ1n) is 11.4. The number of anilines is 1. The molecule has 0 aromatic carbocycles. The highest BCUT2D eigenvalue weighted by atomic mass is 32.1. The minimum Gasteiger partial charge on any atom is -0.383 e. The van der Waals surface area contributed by atoms with E-state index in [-0.39, 0.29) is 0 Å². The van der Waals surface area contributed by atoms with Crippen LogP contribution in [0.1, 0.15) is 29.2 Å². The van der Waals surface area contributed by atoms with Gasteiger partial charge in [-0.2, -0.15) is 0 Å². The SMILES string of the molecule is OC1(c2csc(CN3CCN(c4ccccn4)CC3)n2)CCN(Cc2ccccn2)CC1.